The summed E-state index contributed by atoms with van der Waals surface area (Å²) in [6.07, 6.45) is 1.80. The molecule has 0 spiro atoms. The van der Waals surface area contributed by atoms with Crippen LogP contribution in [0.4, 0.5) is 0 Å². The van der Waals surface area contributed by atoms with Gasteiger partial charge in [-0.1, -0.05) is 6.92 Å². The molecule has 20 heavy (non-hydrogen) atoms. The number of carbonyl (C=O) groups is 1. The van der Waals surface area contributed by atoms with Gasteiger partial charge in [-0.2, -0.15) is 0 Å². The van der Waals surface area contributed by atoms with Gasteiger partial charge >= 0.3 is 5.97 Å². The number of esters is 1. The fourth-order valence-electron chi connectivity index (χ4n) is 2.77. The first kappa shape index (κ1) is 17.4. The summed E-state index contributed by atoms with van der Waals surface area (Å²) in [5.74, 6) is -0.160. The summed E-state index contributed by atoms with van der Waals surface area (Å²) < 4.78 is 4.97. The third kappa shape index (κ3) is 4.72. The molecule has 5 nitrogen and oxygen atoms in total. The number of likely N-dealkylation sites (N-methyl/N-ethyl adjacent to an activating group) is 1. The maximum atomic E-state index is 12.0. The number of nitrogens with one attached hydrogen (secondary N) is 1. The van der Waals surface area contributed by atoms with Crippen LogP contribution in [0.5, 0.6) is 0 Å². The summed E-state index contributed by atoms with van der Waals surface area (Å²) >= 11 is 0. The first-order chi connectivity index (χ1) is 9.42. The smallest absolute Gasteiger partial charge is 0.325 e. The van der Waals surface area contributed by atoms with Gasteiger partial charge in [-0.3, -0.25) is 9.69 Å². The molecule has 0 aromatic carbocycles. The molecule has 1 rings (SSSR count). The van der Waals surface area contributed by atoms with E-state index in [4.69, 9.17) is 4.74 Å². The van der Waals surface area contributed by atoms with E-state index in [1.165, 1.54) is 7.11 Å². The molecule has 1 aliphatic rings. The van der Waals surface area contributed by atoms with Crippen LogP contribution in [0, 0.1) is 0 Å². The van der Waals surface area contributed by atoms with Gasteiger partial charge in [0.15, 0.2) is 0 Å². The second-order valence-corrected chi connectivity index (χ2v) is 6.15. The maximum Gasteiger partial charge on any atom is 0.325 e. The molecule has 0 aliphatic carbocycles. The summed E-state index contributed by atoms with van der Waals surface area (Å²) in [4.78, 5) is 16.9. The molecule has 118 valence electrons. The lowest BCUT2D eigenvalue weighted by atomic mass is 9.96. The predicted octanol–water partition coefficient (Wildman–Crippen LogP) is 0.944. The maximum absolute atomic E-state index is 12.0. The minimum atomic E-state index is -0.576. The Morgan fingerprint density at radius 2 is 2.15 bits per heavy atom. The van der Waals surface area contributed by atoms with Crippen LogP contribution >= 0.6 is 0 Å². The first-order valence-electron chi connectivity index (χ1n) is 7.69. The molecule has 1 fully saturated rings. The largest absolute Gasteiger partial charge is 0.468 e. The lowest BCUT2D eigenvalue weighted by Crippen LogP contribution is -2.55. The quantitative estimate of drug-likeness (QED) is 0.706. The fourth-order valence-corrected chi connectivity index (χ4v) is 2.77. The van der Waals surface area contributed by atoms with Crippen LogP contribution in [0.1, 0.15) is 33.6 Å². The third-order valence-electron chi connectivity index (χ3n) is 4.27. The molecule has 5 heteroatoms. The molecular formula is C15H31N3O2. The lowest BCUT2D eigenvalue weighted by molar-refractivity contribution is -0.148. The van der Waals surface area contributed by atoms with E-state index in [0.717, 1.165) is 45.6 Å². The second-order valence-electron chi connectivity index (χ2n) is 6.15. The van der Waals surface area contributed by atoms with Crippen molar-refractivity contribution in [1.82, 2.24) is 15.1 Å². The average molecular weight is 285 g/mol. The van der Waals surface area contributed by atoms with Crippen molar-refractivity contribution < 1.29 is 9.53 Å². The topological polar surface area (TPSA) is 44.8 Å². The summed E-state index contributed by atoms with van der Waals surface area (Å²) in [7, 11) is 3.63. The molecule has 0 aromatic heterocycles. The van der Waals surface area contributed by atoms with Crippen molar-refractivity contribution in [1.29, 1.82) is 0 Å². The Morgan fingerprint density at radius 3 is 2.70 bits per heavy atom. The van der Waals surface area contributed by atoms with E-state index >= 15 is 0 Å². The van der Waals surface area contributed by atoms with Crippen molar-refractivity contribution in [2.24, 2.45) is 0 Å². The van der Waals surface area contributed by atoms with Crippen LogP contribution in [-0.4, -0.2) is 74.2 Å². The number of methoxy groups -OCH3 is 1. The molecule has 0 bridgehead atoms. The molecule has 0 aromatic rings. The van der Waals surface area contributed by atoms with Gasteiger partial charge in [0.2, 0.25) is 0 Å². The Bertz CT molecular complexity index is 311. The van der Waals surface area contributed by atoms with E-state index in [9.17, 15) is 4.79 Å². The van der Waals surface area contributed by atoms with Crippen molar-refractivity contribution >= 4 is 5.97 Å². The zero-order valence-corrected chi connectivity index (χ0v) is 13.7. The van der Waals surface area contributed by atoms with Crippen molar-refractivity contribution in [2.75, 3.05) is 46.9 Å². The van der Waals surface area contributed by atoms with Gasteiger partial charge in [-0.25, -0.2) is 0 Å². The van der Waals surface area contributed by atoms with E-state index in [1.807, 2.05) is 6.92 Å². The number of piperazine rings is 1. The van der Waals surface area contributed by atoms with Crippen LogP contribution in [0.3, 0.4) is 0 Å². The Labute approximate surface area is 123 Å². The molecule has 0 radical (unpaired) electrons. The van der Waals surface area contributed by atoms with E-state index in [-0.39, 0.29) is 5.97 Å². The summed E-state index contributed by atoms with van der Waals surface area (Å²) in [6, 6.07) is 0.543. The molecule has 2 atom stereocenters. The molecule has 1 aliphatic heterocycles. The van der Waals surface area contributed by atoms with Gasteiger partial charge in [0, 0.05) is 32.2 Å². The highest BCUT2D eigenvalue weighted by Gasteiger charge is 2.34. The molecule has 1 saturated heterocycles. The van der Waals surface area contributed by atoms with Gasteiger partial charge in [0.25, 0.3) is 0 Å². The monoisotopic (exact) mass is 285 g/mol. The van der Waals surface area contributed by atoms with Crippen molar-refractivity contribution in [3.63, 3.8) is 0 Å². The molecule has 1 N–H and O–H groups in total. The van der Waals surface area contributed by atoms with Gasteiger partial charge in [0.1, 0.15) is 5.54 Å². The van der Waals surface area contributed by atoms with Crippen LogP contribution in [0.2, 0.25) is 0 Å². The first-order valence-corrected chi connectivity index (χ1v) is 7.69. The minimum Gasteiger partial charge on any atom is -0.468 e. The van der Waals surface area contributed by atoms with Crippen molar-refractivity contribution in [3.8, 4) is 0 Å². The number of carbonyl (C=O) groups excluding carboxylic acids is 1. The normalized spacial score (nSPS) is 24.4. The van der Waals surface area contributed by atoms with Crippen LogP contribution in [-0.2, 0) is 9.53 Å². The van der Waals surface area contributed by atoms with Gasteiger partial charge in [-0.15, -0.1) is 0 Å². The Hall–Kier alpha value is -0.650. The Morgan fingerprint density at radius 1 is 1.45 bits per heavy atom. The zero-order valence-electron chi connectivity index (χ0n) is 13.7. The van der Waals surface area contributed by atoms with Crippen LogP contribution < -0.4 is 5.32 Å². The van der Waals surface area contributed by atoms with Crippen LogP contribution in [0.25, 0.3) is 0 Å². The number of hydrogen-bond acceptors (Lipinski definition) is 5. The minimum absolute atomic E-state index is 0.160. The highest BCUT2D eigenvalue weighted by atomic mass is 16.5. The summed E-state index contributed by atoms with van der Waals surface area (Å²) in [5.41, 5.74) is -0.576. The highest BCUT2D eigenvalue weighted by molar-refractivity contribution is 5.80. The molecule has 1 heterocycles. The third-order valence-corrected chi connectivity index (χ3v) is 4.27. The fraction of sp³-hybridized carbons (Fsp3) is 0.933. The molecule has 0 saturated carbocycles. The van der Waals surface area contributed by atoms with Crippen molar-refractivity contribution in [3.05, 3.63) is 0 Å². The van der Waals surface area contributed by atoms with Gasteiger partial charge in [-0.05, 0) is 40.3 Å². The SMILES string of the molecule is CCCNC(C)(CCN1CCN(C)CC1C)C(=O)OC. The zero-order chi connectivity index (χ0) is 15.2. The predicted molar refractivity (Wildman–Crippen MR) is 81.9 cm³/mol. The highest BCUT2D eigenvalue weighted by Crippen LogP contribution is 2.16. The number of rotatable bonds is 7. The van der Waals surface area contributed by atoms with E-state index in [2.05, 4.69) is 36.0 Å². The van der Waals surface area contributed by atoms with Crippen molar-refractivity contribution in [2.45, 2.75) is 45.2 Å². The van der Waals surface area contributed by atoms with Gasteiger partial charge < -0.3 is 15.0 Å². The molecule has 0 amide bonds. The molecular weight excluding hydrogens is 254 g/mol. The second kappa shape index (κ2) is 7.96. The summed E-state index contributed by atoms with van der Waals surface area (Å²) in [6.45, 7) is 11.3. The van der Waals surface area contributed by atoms with E-state index in [1.54, 1.807) is 0 Å². The van der Waals surface area contributed by atoms with E-state index < -0.39 is 5.54 Å². The molecule has 2 unspecified atom stereocenters. The number of nitrogens with zero attached hydrogens (tertiary/aromatic N) is 2. The number of ether oxygens (including phenoxy) is 1. The Kier molecular flexibility index (Phi) is 6.92. The summed E-state index contributed by atoms with van der Waals surface area (Å²) in [5, 5.41) is 3.35. The Balaban J connectivity index is 2.55. The standard InChI is InChI=1S/C15H31N3O2/c1-6-8-16-15(3,14(19)20-5)7-9-18-11-10-17(4)12-13(18)2/h13,16H,6-12H2,1-5H3. The number of hydrogen-bond donors (Lipinski definition) is 1. The van der Waals surface area contributed by atoms with E-state index in [0.29, 0.717) is 6.04 Å². The van der Waals surface area contributed by atoms with Crippen LogP contribution in [0.15, 0.2) is 0 Å². The lowest BCUT2D eigenvalue weighted by Gasteiger charge is -2.40. The average Bonchev–Trinajstić information content (AvgIpc) is 2.43. The van der Waals surface area contributed by atoms with Gasteiger partial charge in [0.05, 0.1) is 7.11 Å².